The predicted octanol–water partition coefficient (Wildman–Crippen LogP) is 0.813. The molecule has 3 N–H and O–H groups in total. The second-order valence-electron chi connectivity index (χ2n) is 4.95. The van der Waals surface area contributed by atoms with E-state index in [0.717, 1.165) is 29.0 Å². The van der Waals surface area contributed by atoms with Crippen LogP contribution in [-0.2, 0) is 13.0 Å². The van der Waals surface area contributed by atoms with E-state index in [1.54, 1.807) is 7.11 Å². The van der Waals surface area contributed by atoms with Crippen molar-refractivity contribution in [2.24, 2.45) is 0 Å². The molecule has 0 spiro atoms. The number of nitrogens with one attached hydrogen (secondary N) is 2. The lowest BCUT2D eigenvalue weighted by Crippen LogP contribution is -2.35. The highest BCUT2D eigenvalue weighted by Crippen LogP contribution is 2.34. The van der Waals surface area contributed by atoms with Crippen LogP contribution >= 0.6 is 0 Å². The van der Waals surface area contributed by atoms with Crippen LogP contribution < -0.4 is 20.1 Å². The zero-order chi connectivity index (χ0) is 15.9. The molecule has 0 fully saturated rings. The molecule has 6 nitrogen and oxygen atoms in total. The third-order valence-electron chi connectivity index (χ3n) is 3.28. The number of amides is 2. The predicted molar refractivity (Wildman–Crippen MR) is 81.9 cm³/mol. The summed E-state index contributed by atoms with van der Waals surface area (Å²) >= 11 is 0. The van der Waals surface area contributed by atoms with Gasteiger partial charge in [0.1, 0.15) is 24.2 Å². The maximum absolute atomic E-state index is 11.6. The third kappa shape index (κ3) is 4.06. The summed E-state index contributed by atoms with van der Waals surface area (Å²) < 4.78 is 11.1. The molecule has 0 aliphatic carbocycles. The first-order valence-corrected chi connectivity index (χ1v) is 7.08. The lowest BCUT2D eigenvalue weighted by Gasteiger charge is -2.12. The van der Waals surface area contributed by atoms with E-state index in [1.165, 1.54) is 0 Å². The lowest BCUT2D eigenvalue weighted by atomic mass is 10.1. The molecule has 1 unspecified atom stereocenters. The maximum Gasteiger partial charge on any atom is 0.315 e. The Bertz CT molecular complexity index is 604. The van der Waals surface area contributed by atoms with E-state index in [1.807, 2.05) is 19.1 Å². The number of hydrogen-bond acceptors (Lipinski definition) is 4. The Morgan fingerprint density at radius 1 is 1.45 bits per heavy atom. The van der Waals surface area contributed by atoms with E-state index < -0.39 is 0 Å². The van der Waals surface area contributed by atoms with E-state index in [2.05, 4.69) is 22.5 Å². The van der Waals surface area contributed by atoms with E-state index in [0.29, 0.717) is 6.54 Å². The van der Waals surface area contributed by atoms with Gasteiger partial charge >= 0.3 is 6.03 Å². The van der Waals surface area contributed by atoms with Crippen molar-refractivity contribution in [2.45, 2.75) is 26.0 Å². The van der Waals surface area contributed by atoms with Crippen LogP contribution in [0.4, 0.5) is 4.79 Å². The number of hydrogen-bond donors (Lipinski definition) is 3. The van der Waals surface area contributed by atoms with E-state index >= 15 is 0 Å². The van der Waals surface area contributed by atoms with Gasteiger partial charge in [-0.2, -0.15) is 0 Å². The molecule has 0 bridgehead atoms. The number of benzene rings is 1. The fourth-order valence-electron chi connectivity index (χ4n) is 2.29. The van der Waals surface area contributed by atoms with Gasteiger partial charge in [-0.05, 0) is 19.1 Å². The first-order valence-electron chi connectivity index (χ1n) is 7.08. The van der Waals surface area contributed by atoms with Crippen LogP contribution in [0.25, 0.3) is 0 Å². The summed E-state index contributed by atoms with van der Waals surface area (Å²) in [7, 11) is 1.61. The highest BCUT2D eigenvalue weighted by molar-refractivity contribution is 5.74. The summed E-state index contributed by atoms with van der Waals surface area (Å²) in [5.74, 6) is 6.64. The third-order valence-corrected chi connectivity index (χ3v) is 3.28. The molecule has 0 saturated heterocycles. The maximum atomic E-state index is 11.6. The number of aliphatic hydroxyl groups is 1. The molecule has 1 aliphatic rings. The summed E-state index contributed by atoms with van der Waals surface area (Å²) in [4.78, 5) is 11.6. The first-order chi connectivity index (χ1) is 10.6. The van der Waals surface area contributed by atoms with Crippen molar-refractivity contribution in [3.63, 3.8) is 0 Å². The zero-order valence-electron chi connectivity index (χ0n) is 12.7. The van der Waals surface area contributed by atoms with Crippen LogP contribution in [0.1, 0.15) is 18.1 Å². The van der Waals surface area contributed by atoms with Gasteiger partial charge in [0.2, 0.25) is 0 Å². The topological polar surface area (TPSA) is 79.8 Å². The van der Waals surface area contributed by atoms with E-state index in [-0.39, 0.29) is 25.3 Å². The Kier molecular flexibility index (Phi) is 5.50. The molecule has 0 saturated carbocycles. The van der Waals surface area contributed by atoms with Crippen molar-refractivity contribution in [1.82, 2.24) is 10.6 Å². The van der Waals surface area contributed by atoms with Crippen LogP contribution in [0.15, 0.2) is 12.1 Å². The highest BCUT2D eigenvalue weighted by Gasteiger charge is 2.21. The van der Waals surface area contributed by atoms with Crippen LogP contribution in [0.3, 0.4) is 0 Å². The van der Waals surface area contributed by atoms with Crippen LogP contribution in [-0.4, -0.2) is 37.5 Å². The van der Waals surface area contributed by atoms with Gasteiger partial charge in [0.25, 0.3) is 0 Å². The molecule has 2 amide bonds. The van der Waals surface area contributed by atoms with Gasteiger partial charge in [-0.1, -0.05) is 11.8 Å². The number of rotatable bonds is 4. The second kappa shape index (κ2) is 7.57. The largest absolute Gasteiger partial charge is 0.496 e. The van der Waals surface area contributed by atoms with Crippen molar-refractivity contribution in [1.29, 1.82) is 0 Å². The molecule has 22 heavy (non-hydrogen) atoms. The van der Waals surface area contributed by atoms with Crippen molar-refractivity contribution in [2.75, 3.05) is 20.3 Å². The molecule has 1 heterocycles. The Morgan fingerprint density at radius 3 is 3.00 bits per heavy atom. The second-order valence-corrected chi connectivity index (χ2v) is 4.95. The molecule has 0 aromatic heterocycles. The minimum atomic E-state index is -0.330. The summed E-state index contributed by atoms with van der Waals surface area (Å²) in [5.41, 5.74) is 1.98. The van der Waals surface area contributed by atoms with Gasteiger partial charge in [0, 0.05) is 24.1 Å². The zero-order valence-corrected chi connectivity index (χ0v) is 12.7. The Morgan fingerprint density at radius 2 is 2.27 bits per heavy atom. The Labute approximate surface area is 129 Å². The number of methoxy groups -OCH3 is 1. The number of carbonyl (C=O) groups is 1. The van der Waals surface area contributed by atoms with Crippen molar-refractivity contribution in [3.8, 4) is 23.3 Å². The Hall–Kier alpha value is -2.39. The molecular formula is C16H20N2O4. The smallest absolute Gasteiger partial charge is 0.315 e. The molecule has 1 atom stereocenters. The fourth-order valence-corrected chi connectivity index (χ4v) is 2.29. The monoisotopic (exact) mass is 304 g/mol. The molecule has 6 heteroatoms. The summed E-state index contributed by atoms with van der Waals surface area (Å²) in [5, 5.41) is 13.8. The molecule has 1 aromatic rings. The SMILES string of the molecule is COc1cc2c(cc1CNC(=O)NCC#CCO)OC(C)C2. The van der Waals surface area contributed by atoms with Crippen molar-refractivity contribution >= 4 is 6.03 Å². The van der Waals surface area contributed by atoms with E-state index in [4.69, 9.17) is 14.6 Å². The highest BCUT2D eigenvalue weighted by atomic mass is 16.5. The number of urea groups is 1. The average Bonchev–Trinajstić information content (AvgIpc) is 2.87. The summed E-state index contributed by atoms with van der Waals surface area (Å²) in [6.45, 7) is 2.32. The molecule has 1 aromatic carbocycles. The van der Waals surface area contributed by atoms with Crippen molar-refractivity contribution in [3.05, 3.63) is 23.3 Å². The van der Waals surface area contributed by atoms with Crippen LogP contribution in [0, 0.1) is 11.8 Å². The average molecular weight is 304 g/mol. The number of aliphatic hydroxyl groups excluding tert-OH is 1. The van der Waals surface area contributed by atoms with Crippen LogP contribution in [0.5, 0.6) is 11.5 Å². The fraction of sp³-hybridized carbons (Fsp3) is 0.438. The molecule has 0 radical (unpaired) electrons. The first kappa shape index (κ1) is 16.0. The standard InChI is InChI=1S/C16H20N2O4/c1-11-7-12-8-14(21-2)13(9-15(12)22-11)10-18-16(20)17-5-3-4-6-19/h8-9,11,19H,5-7,10H2,1-2H3,(H2,17,18,20). The lowest BCUT2D eigenvalue weighted by molar-refractivity contribution is 0.241. The summed E-state index contributed by atoms with van der Waals surface area (Å²) in [6.07, 6.45) is 1.03. The molecule has 1 aliphatic heterocycles. The minimum absolute atomic E-state index is 0.163. The normalized spacial score (nSPS) is 15.1. The van der Waals surface area contributed by atoms with Gasteiger partial charge in [0.05, 0.1) is 13.7 Å². The number of carbonyl (C=O) groups excluding carboxylic acids is 1. The Balaban J connectivity index is 1.95. The van der Waals surface area contributed by atoms with Gasteiger partial charge in [0.15, 0.2) is 0 Å². The van der Waals surface area contributed by atoms with Gasteiger partial charge in [-0.3, -0.25) is 0 Å². The molecule has 118 valence electrons. The van der Waals surface area contributed by atoms with Crippen molar-refractivity contribution < 1.29 is 19.4 Å². The minimum Gasteiger partial charge on any atom is -0.496 e. The summed E-state index contributed by atoms with van der Waals surface area (Å²) in [6, 6.07) is 3.54. The van der Waals surface area contributed by atoms with Gasteiger partial charge < -0.3 is 25.2 Å². The number of fused-ring (bicyclic) bond motifs is 1. The quantitative estimate of drug-likeness (QED) is 0.719. The van der Waals surface area contributed by atoms with Crippen LogP contribution in [0.2, 0.25) is 0 Å². The molecular weight excluding hydrogens is 284 g/mol. The molecule has 2 rings (SSSR count). The van der Waals surface area contributed by atoms with Gasteiger partial charge in [-0.15, -0.1) is 0 Å². The number of ether oxygens (including phenoxy) is 2. The van der Waals surface area contributed by atoms with Gasteiger partial charge in [-0.25, -0.2) is 4.79 Å². The van der Waals surface area contributed by atoms with E-state index in [9.17, 15) is 4.79 Å².